The first-order chi connectivity index (χ1) is 14.5. The number of ketones is 1. The summed E-state index contributed by atoms with van der Waals surface area (Å²) in [5, 5.41) is 7.43. The fraction of sp³-hybridized carbons (Fsp3) is 0.318. The Morgan fingerprint density at radius 3 is 2.16 bits per heavy atom. The molecule has 0 spiro atoms. The van der Waals surface area contributed by atoms with E-state index in [1.807, 2.05) is 20.8 Å². The number of nitrogens with zero attached hydrogens (tertiary/aromatic N) is 3. The van der Waals surface area contributed by atoms with Crippen molar-refractivity contribution in [3.8, 4) is 17.2 Å². The molecule has 3 aromatic rings. The lowest BCUT2D eigenvalue weighted by Gasteiger charge is -2.19. The number of methoxy groups -OCH3 is 2. The highest BCUT2D eigenvalue weighted by atomic mass is 32.2. The van der Waals surface area contributed by atoms with Crippen LogP contribution in [0.15, 0.2) is 52.4 Å². The van der Waals surface area contributed by atoms with Crippen LogP contribution in [0, 0.1) is 0 Å². The van der Waals surface area contributed by atoms with E-state index in [1.54, 1.807) is 30.3 Å². The van der Waals surface area contributed by atoms with Gasteiger partial charge < -0.3 is 9.47 Å². The molecule has 1 heterocycles. The summed E-state index contributed by atoms with van der Waals surface area (Å²) in [5.41, 5.74) is 1.04. The van der Waals surface area contributed by atoms with E-state index in [9.17, 15) is 13.2 Å². The van der Waals surface area contributed by atoms with Gasteiger partial charge in [0.15, 0.2) is 5.78 Å². The molecule has 0 atom stereocenters. The van der Waals surface area contributed by atoms with Gasteiger partial charge in [0, 0.05) is 13.0 Å². The van der Waals surface area contributed by atoms with Gasteiger partial charge in [-0.2, -0.15) is 0 Å². The van der Waals surface area contributed by atoms with Gasteiger partial charge in [-0.25, -0.2) is 13.1 Å². The van der Waals surface area contributed by atoms with E-state index in [0.717, 1.165) is 5.56 Å². The third kappa shape index (κ3) is 4.18. The van der Waals surface area contributed by atoms with Crippen LogP contribution in [0.5, 0.6) is 11.5 Å². The molecular formula is C22H25N3O5S. The molecule has 0 saturated carbocycles. The van der Waals surface area contributed by atoms with E-state index >= 15 is 0 Å². The average Bonchev–Trinajstić information content (AvgIpc) is 3.19. The average molecular weight is 444 g/mol. The molecule has 0 amide bonds. The van der Waals surface area contributed by atoms with E-state index in [1.165, 1.54) is 38.0 Å². The summed E-state index contributed by atoms with van der Waals surface area (Å²) < 4.78 is 38.4. The molecule has 0 unspecified atom stereocenters. The molecule has 0 saturated heterocycles. The van der Waals surface area contributed by atoms with Gasteiger partial charge in [0.2, 0.25) is 14.9 Å². The second-order valence-electron chi connectivity index (χ2n) is 8.03. The normalized spacial score (nSPS) is 11.9. The van der Waals surface area contributed by atoms with E-state index in [-0.39, 0.29) is 16.0 Å². The van der Waals surface area contributed by atoms with E-state index in [4.69, 9.17) is 9.47 Å². The number of carbonyl (C=O) groups is 1. The van der Waals surface area contributed by atoms with E-state index < -0.39 is 20.6 Å². The first kappa shape index (κ1) is 22.5. The number of sulfone groups is 1. The fourth-order valence-corrected chi connectivity index (χ4v) is 4.47. The Kier molecular flexibility index (Phi) is 5.91. The molecule has 2 aromatic carbocycles. The summed E-state index contributed by atoms with van der Waals surface area (Å²) in [6.45, 7) is 7.38. The molecule has 1 aromatic heterocycles. The van der Waals surface area contributed by atoms with Gasteiger partial charge in [0.1, 0.15) is 22.9 Å². The number of rotatable bonds is 6. The third-order valence-electron chi connectivity index (χ3n) is 4.87. The lowest BCUT2D eigenvalue weighted by atomic mass is 9.87. The summed E-state index contributed by atoms with van der Waals surface area (Å²) in [4.78, 5) is 12.5. The van der Waals surface area contributed by atoms with Crippen LogP contribution in [0.2, 0.25) is 0 Å². The first-order valence-corrected chi connectivity index (χ1v) is 11.0. The summed E-state index contributed by atoms with van der Waals surface area (Å²) >= 11 is 0. The number of hydrogen-bond acceptors (Lipinski definition) is 7. The molecule has 0 aliphatic heterocycles. The maximum absolute atomic E-state index is 13.3. The predicted octanol–water partition coefficient (Wildman–Crippen LogP) is 3.62. The van der Waals surface area contributed by atoms with Crippen molar-refractivity contribution >= 4 is 15.6 Å². The van der Waals surface area contributed by atoms with Gasteiger partial charge in [-0.1, -0.05) is 38.1 Å². The topological polar surface area (TPSA) is 100 Å². The summed E-state index contributed by atoms with van der Waals surface area (Å²) in [5.74, 6) is 0.370. The zero-order valence-electron chi connectivity index (χ0n) is 18.3. The molecule has 8 nitrogen and oxygen atoms in total. The molecular weight excluding hydrogens is 418 g/mol. The summed E-state index contributed by atoms with van der Waals surface area (Å²) in [6, 6.07) is 11.5. The summed E-state index contributed by atoms with van der Waals surface area (Å²) in [7, 11) is -1.13. The SMILES string of the molecule is COc1ccc(OC)c(-n2nnc(S(=O)(=O)c3ccc(C(C)(C)C)cc3)c2C(C)=O)c1. The Bertz CT molecular complexity index is 1220. The van der Waals surface area contributed by atoms with E-state index in [2.05, 4.69) is 10.3 Å². The molecule has 0 radical (unpaired) electrons. The molecule has 0 bridgehead atoms. The number of hydrogen-bond donors (Lipinski definition) is 0. The van der Waals surface area contributed by atoms with E-state index in [0.29, 0.717) is 17.2 Å². The Hall–Kier alpha value is -3.20. The van der Waals surface area contributed by atoms with Crippen LogP contribution in [-0.2, 0) is 15.3 Å². The predicted molar refractivity (Wildman–Crippen MR) is 115 cm³/mol. The van der Waals surface area contributed by atoms with Crippen molar-refractivity contribution in [3.05, 3.63) is 53.7 Å². The van der Waals surface area contributed by atoms with Crippen LogP contribution in [0.4, 0.5) is 0 Å². The monoisotopic (exact) mass is 443 g/mol. The van der Waals surface area contributed by atoms with Crippen LogP contribution in [0.3, 0.4) is 0 Å². The zero-order valence-corrected chi connectivity index (χ0v) is 19.1. The molecule has 164 valence electrons. The number of Topliss-reactive ketones (excluding diaryl/α,β-unsaturated/α-hetero) is 1. The van der Waals surface area contributed by atoms with Crippen LogP contribution in [0.1, 0.15) is 43.7 Å². The van der Waals surface area contributed by atoms with Crippen molar-refractivity contribution in [3.63, 3.8) is 0 Å². The van der Waals surface area contributed by atoms with Gasteiger partial charge in [-0.05, 0) is 35.2 Å². The highest BCUT2D eigenvalue weighted by Gasteiger charge is 2.31. The molecule has 0 aliphatic carbocycles. The number of ether oxygens (including phenoxy) is 2. The molecule has 0 N–H and O–H groups in total. The molecule has 3 rings (SSSR count). The quantitative estimate of drug-likeness (QED) is 0.536. The van der Waals surface area contributed by atoms with Crippen molar-refractivity contribution in [2.45, 2.75) is 43.0 Å². The molecule has 0 aliphatic rings. The van der Waals surface area contributed by atoms with Gasteiger partial charge >= 0.3 is 0 Å². The Morgan fingerprint density at radius 1 is 1.00 bits per heavy atom. The lowest BCUT2D eigenvalue weighted by Crippen LogP contribution is -2.14. The fourth-order valence-electron chi connectivity index (χ4n) is 3.13. The van der Waals surface area contributed by atoms with Crippen molar-refractivity contribution in [1.82, 2.24) is 15.0 Å². The number of benzene rings is 2. The lowest BCUT2D eigenvalue weighted by molar-refractivity contribution is 0.100. The van der Waals surface area contributed by atoms with Crippen LogP contribution < -0.4 is 9.47 Å². The van der Waals surface area contributed by atoms with Gasteiger partial charge in [0.25, 0.3) is 0 Å². The maximum Gasteiger partial charge on any atom is 0.228 e. The van der Waals surface area contributed by atoms with Gasteiger partial charge in [-0.15, -0.1) is 5.10 Å². The molecule has 0 fully saturated rings. The van der Waals surface area contributed by atoms with Crippen molar-refractivity contribution in [1.29, 1.82) is 0 Å². The van der Waals surface area contributed by atoms with Crippen LogP contribution in [-0.4, -0.2) is 43.4 Å². The molecule has 31 heavy (non-hydrogen) atoms. The van der Waals surface area contributed by atoms with Crippen molar-refractivity contribution in [2.75, 3.05) is 14.2 Å². The molecule has 9 heteroatoms. The smallest absolute Gasteiger partial charge is 0.228 e. The van der Waals surface area contributed by atoms with Crippen LogP contribution in [0.25, 0.3) is 5.69 Å². The minimum Gasteiger partial charge on any atom is -0.497 e. The first-order valence-electron chi connectivity index (χ1n) is 9.55. The Labute approximate surface area is 181 Å². The minimum atomic E-state index is -4.09. The minimum absolute atomic E-state index is 0.0349. The van der Waals surface area contributed by atoms with Crippen molar-refractivity contribution < 1.29 is 22.7 Å². The number of carbonyl (C=O) groups excluding carboxylic acids is 1. The van der Waals surface area contributed by atoms with Crippen molar-refractivity contribution in [2.24, 2.45) is 0 Å². The highest BCUT2D eigenvalue weighted by Crippen LogP contribution is 2.31. The Balaban J connectivity index is 2.19. The highest BCUT2D eigenvalue weighted by molar-refractivity contribution is 7.91. The van der Waals surface area contributed by atoms with Crippen LogP contribution >= 0.6 is 0 Å². The number of aromatic nitrogens is 3. The summed E-state index contributed by atoms with van der Waals surface area (Å²) in [6.07, 6.45) is 0. The standard InChI is InChI=1S/C22H25N3O5S/c1-14(26)20-21(31(27,28)17-10-7-15(8-11-17)22(2,3)4)23-24-25(20)18-13-16(29-5)9-12-19(18)30-6/h7-13H,1-6H3. The second-order valence-corrected chi connectivity index (χ2v) is 9.89. The maximum atomic E-state index is 13.3. The van der Waals surface area contributed by atoms with Gasteiger partial charge in [0.05, 0.1) is 19.1 Å². The zero-order chi connectivity index (χ0) is 23.0. The van der Waals surface area contributed by atoms with Gasteiger partial charge in [-0.3, -0.25) is 4.79 Å². The second kappa shape index (κ2) is 8.14. The largest absolute Gasteiger partial charge is 0.497 e. The third-order valence-corrected chi connectivity index (χ3v) is 6.55. The Morgan fingerprint density at radius 2 is 1.65 bits per heavy atom.